The van der Waals surface area contributed by atoms with Gasteiger partial charge in [-0.05, 0) is 67.2 Å². The van der Waals surface area contributed by atoms with Crippen molar-refractivity contribution in [3.63, 3.8) is 0 Å². The number of benzene rings is 3. The third-order valence-corrected chi connectivity index (χ3v) is 6.78. The van der Waals surface area contributed by atoms with Crippen LogP contribution in [0.2, 0.25) is 0 Å². The lowest BCUT2D eigenvalue weighted by Gasteiger charge is -2.31. The molecule has 0 unspecified atom stereocenters. The summed E-state index contributed by atoms with van der Waals surface area (Å²) in [6, 6.07) is 23.2. The Hall–Kier alpha value is -3.86. The van der Waals surface area contributed by atoms with E-state index in [2.05, 4.69) is 13.0 Å². The molecular formula is C30H30N2O3. The Kier molecular flexibility index (Phi) is 6.41. The Morgan fingerprint density at radius 2 is 1.74 bits per heavy atom. The largest absolute Gasteiger partial charge is 0.449 e. The van der Waals surface area contributed by atoms with Crippen molar-refractivity contribution in [3.8, 4) is 5.75 Å². The van der Waals surface area contributed by atoms with E-state index in [0.29, 0.717) is 23.8 Å². The Morgan fingerprint density at radius 3 is 2.49 bits per heavy atom. The number of hydrogen-bond acceptors (Lipinski definition) is 3. The molecule has 35 heavy (non-hydrogen) atoms. The summed E-state index contributed by atoms with van der Waals surface area (Å²) in [5.74, 6) is 1.47. The Morgan fingerprint density at radius 1 is 1.00 bits per heavy atom. The van der Waals surface area contributed by atoms with Crippen molar-refractivity contribution in [1.82, 2.24) is 4.90 Å². The quantitative estimate of drug-likeness (QED) is 0.454. The molecule has 178 valence electrons. The molecular weight excluding hydrogens is 436 g/mol. The first kappa shape index (κ1) is 22.9. The van der Waals surface area contributed by atoms with Gasteiger partial charge in [0.2, 0.25) is 0 Å². The number of nitrogens with zero attached hydrogens (tertiary/aromatic N) is 2. The number of anilines is 1. The molecule has 0 N–H and O–H groups in total. The van der Waals surface area contributed by atoms with Gasteiger partial charge < -0.3 is 9.64 Å². The van der Waals surface area contributed by atoms with Gasteiger partial charge >= 0.3 is 0 Å². The number of para-hydroxylation sites is 2. The van der Waals surface area contributed by atoms with Crippen LogP contribution < -0.4 is 9.64 Å². The van der Waals surface area contributed by atoms with Gasteiger partial charge in [0.15, 0.2) is 11.5 Å². The fraction of sp³-hybridized carbons (Fsp3) is 0.267. The summed E-state index contributed by atoms with van der Waals surface area (Å²) in [4.78, 5) is 30.0. The van der Waals surface area contributed by atoms with Gasteiger partial charge in [-0.15, -0.1) is 0 Å². The van der Waals surface area contributed by atoms with Gasteiger partial charge in [-0.3, -0.25) is 14.5 Å². The van der Waals surface area contributed by atoms with Gasteiger partial charge in [-0.1, -0.05) is 61.0 Å². The van der Waals surface area contributed by atoms with Crippen molar-refractivity contribution in [2.45, 2.75) is 33.2 Å². The Balaban J connectivity index is 1.38. The highest BCUT2D eigenvalue weighted by molar-refractivity contribution is 6.09. The first-order valence-electron chi connectivity index (χ1n) is 12.2. The van der Waals surface area contributed by atoms with Gasteiger partial charge in [-0.2, -0.15) is 0 Å². The lowest BCUT2D eigenvalue weighted by molar-refractivity contribution is -0.117. The minimum absolute atomic E-state index is 0.0688. The smallest absolute Gasteiger partial charge is 0.294 e. The number of carbonyl (C=O) groups excluding carboxylic acids is 2. The molecule has 2 heterocycles. The van der Waals surface area contributed by atoms with Crippen LogP contribution in [-0.2, 0) is 11.3 Å². The first-order valence-corrected chi connectivity index (χ1v) is 12.2. The fourth-order valence-corrected chi connectivity index (χ4v) is 4.68. The van der Waals surface area contributed by atoms with E-state index in [9.17, 15) is 9.59 Å². The zero-order valence-corrected chi connectivity index (χ0v) is 20.2. The van der Waals surface area contributed by atoms with E-state index in [1.807, 2.05) is 78.6 Å². The molecule has 1 fully saturated rings. The molecule has 0 aliphatic carbocycles. The number of aryl methyl sites for hydroxylation is 1. The summed E-state index contributed by atoms with van der Waals surface area (Å²) in [5.41, 5.74) is 4.45. The fourth-order valence-electron chi connectivity index (χ4n) is 4.68. The van der Waals surface area contributed by atoms with Crippen LogP contribution in [0.25, 0.3) is 6.08 Å². The number of carbonyl (C=O) groups is 2. The number of ether oxygens (including phenoxy) is 1. The second-order valence-corrected chi connectivity index (χ2v) is 9.56. The van der Waals surface area contributed by atoms with E-state index in [1.54, 1.807) is 11.0 Å². The standard InChI is InChI=1S/C30H30N2O3/c1-21-14-16-31(17-15-21)29(33)25-12-10-23(11-13-25)19-28-30(34)32(20-24-7-5-6-22(2)18-24)26-8-3-4-9-27(26)35-28/h3-13,18-19,21H,14-17,20H2,1-2H3. The summed E-state index contributed by atoms with van der Waals surface area (Å²) in [6.45, 7) is 6.36. The predicted molar refractivity (Wildman–Crippen MR) is 138 cm³/mol. The van der Waals surface area contributed by atoms with Crippen LogP contribution in [0, 0.1) is 12.8 Å². The average molecular weight is 467 g/mol. The Bertz CT molecular complexity index is 1270. The van der Waals surface area contributed by atoms with Crippen LogP contribution in [0.4, 0.5) is 5.69 Å². The molecule has 0 spiro atoms. The van der Waals surface area contributed by atoms with E-state index < -0.39 is 0 Å². The topological polar surface area (TPSA) is 49.9 Å². The number of rotatable bonds is 4. The Labute approximate surface area is 206 Å². The summed E-state index contributed by atoms with van der Waals surface area (Å²) in [5, 5.41) is 0. The zero-order chi connectivity index (χ0) is 24.4. The minimum Gasteiger partial charge on any atom is -0.449 e. The maximum absolute atomic E-state index is 13.5. The lowest BCUT2D eigenvalue weighted by Crippen LogP contribution is -2.37. The zero-order valence-electron chi connectivity index (χ0n) is 20.2. The van der Waals surface area contributed by atoms with E-state index >= 15 is 0 Å². The molecule has 0 atom stereocenters. The van der Waals surface area contributed by atoms with Crippen LogP contribution >= 0.6 is 0 Å². The van der Waals surface area contributed by atoms with Crippen LogP contribution in [0.3, 0.4) is 0 Å². The highest BCUT2D eigenvalue weighted by Gasteiger charge is 2.30. The van der Waals surface area contributed by atoms with E-state index in [4.69, 9.17) is 4.74 Å². The number of piperidine rings is 1. The van der Waals surface area contributed by atoms with Crippen molar-refractivity contribution >= 4 is 23.6 Å². The highest BCUT2D eigenvalue weighted by Crippen LogP contribution is 2.36. The molecule has 5 rings (SSSR count). The monoisotopic (exact) mass is 466 g/mol. The summed E-state index contributed by atoms with van der Waals surface area (Å²) in [7, 11) is 0. The third kappa shape index (κ3) is 4.99. The molecule has 3 aromatic carbocycles. The summed E-state index contributed by atoms with van der Waals surface area (Å²) in [6.07, 6.45) is 3.85. The van der Waals surface area contributed by atoms with Crippen molar-refractivity contribution in [3.05, 3.63) is 101 Å². The average Bonchev–Trinajstić information content (AvgIpc) is 2.87. The van der Waals surface area contributed by atoms with Crippen LogP contribution in [0.1, 0.15) is 46.8 Å². The van der Waals surface area contributed by atoms with Gasteiger partial charge in [0.1, 0.15) is 0 Å². The number of amides is 2. The second kappa shape index (κ2) is 9.79. The lowest BCUT2D eigenvalue weighted by atomic mass is 9.98. The molecule has 3 aromatic rings. The highest BCUT2D eigenvalue weighted by atomic mass is 16.5. The van der Waals surface area contributed by atoms with Crippen LogP contribution in [-0.4, -0.2) is 29.8 Å². The summed E-state index contributed by atoms with van der Waals surface area (Å²) >= 11 is 0. The molecule has 0 radical (unpaired) electrons. The van der Waals surface area contributed by atoms with Gasteiger partial charge in [0.25, 0.3) is 11.8 Å². The normalized spacial score (nSPS) is 17.3. The van der Waals surface area contributed by atoms with E-state index in [0.717, 1.165) is 48.3 Å². The van der Waals surface area contributed by atoms with Crippen molar-refractivity contribution in [2.75, 3.05) is 18.0 Å². The third-order valence-electron chi connectivity index (χ3n) is 6.78. The molecule has 0 saturated carbocycles. The van der Waals surface area contributed by atoms with Crippen LogP contribution in [0.5, 0.6) is 5.75 Å². The second-order valence-electron chi connectivity index (χ2n) is 9.56. The van der Waals surface area contributed by atoms with Crippen LogP contribution in [0.15, 0.2) is 78.6 Å². The first-order chi connectivity index (χ1) is 17.0. The molecule has 1 saturated heterocycles. The molecule has 2 aliphatic heterocycles. The molecule has 5 heteroatoms. The maximum Gasteiger partial charge on any atom is 0.294 e. The number of fused-ring (bicyclic) bond motifs is 1. The number of likely N-dealkylation sites (tertiary alicyclic amines) is 1. The van der Waals surface area contributed by atoms with Gasteiger partial charge in [-0.25, -0.2) is 0 Å². The number of hydrogen-bond donors (Lipinski definition) is 0. The van der Waals surface area contributed by atoms with Crippen molar-refractivity contribution < 1.29 is 14.3 Å². The SMILES string of the molecule is Cc1cccc(CN2C(=O)C(=Cc3ccc(C(=O)N4CCC(C)CC4)cc3)Oc3ccccc32)c1. The maximum atomic E-state index is 13.5. The van der Waals surface area contributed by atoms with Gasteiger partial charge in [0, 0.05) is 18.7 Å². The molecule has 0 aromatic heterocycles. The molecule has 5 nitrogen and oxygen atoms in total. The van der Waals surface area contributed by atoms with E-state index in [1.165, 1.54) is 0 Å². The molecule has 2 aliphatic rings. The van der Waals surface area contributed by atoms with Crippen molar-refractivity contribution in [1.29, 1.82) is 0 Å². The van der Waals surface area contributed by atoms with E-state index in [-0.39, 0.29) is 17.6 Å². The molecule has 2 amide bonds. The van der Waals surface area contributed by atoms with Gasteiger partial charge in [0.05, 0.1) is 12.2 Å². The predicted octanol–water partition coefficient (Wildman–Crippen LogP) is 5.83. The van der Waals surface area contributed by atoms with Crippen molar-refractivity contribution in [2.24, 2.45) is 5.92 Å². The minimum atomic E-state index is -0.187. The summed E-state index contributed by atoms with van der Waals surface area (Å²) < 4.78 is 6.02. The molecule has 0 bridgehead atoms.